The van der Waals surface area contributed by atoms with Crippen molar-refractivity contribution in [1.29, 1.82) is 0 Å². The lowest BCUT2D eigenvalue weighted by atomic mass is 9.79. The number of rotatable bonds is 5. The molecule has 1 aliphatic rings. The number of hydrogen-bond donors (Lipinski definition) is 0. The molecule has 0 saturated heterocycles. The first-order valence-corrected chi connectivity index (χ1v) is 7.22. The third kappa shape index (κ3) is 3.08. The van der Waals surface area contributed by atoms with Crippen LogP contribution in [0.15, 0.2) is 6.33 Å². The maximum absolute atomic E-state index is 4.31. The molecule has 0 amide bonds. The number of hydrogen-bond acceptors (Lipinski definition) is 2. The highest BCUT2D eigenvalue weighted by Gasteiger charge is 2.25. The van der Waals surface area contributed by atoms with Gasteiger partial charge in [-0.1, -0.05) is 26.2 Å². The van der Waals surface area contributed by atoms with E-state index in [1.165, 1.54) is 50.8 Å². The predicted octanol–water partition coefficient (Wildman–Crippen LogP) is 3.76. The van der Waals surface area contributed by atoms with Gasteiger partial charge in [0.2, 0.25) is 0 Å². The summed E-state index contributed by atoms with van der Waals surface area (Å²) in [5.74, 6) is 2.86. The molecule has 1 aromatic rings. The van der Waals surface area contributed by atoms with Crippen LogP contribution in [0.25, 0.3) is 0 Å². The smallest absolute Gasteiger partial charge is 0.135 e. The van der Waals surface area contributed by atoms with E-state index in [1.807, 2.05) is 6.33 Å². The maximum Gasteiger partial charge on any atom is 0.135 e. The molecule has 3 heteroatoms. The monoisotopic (exact) mass is 235 g/mol. The van der Waals surface area contributed by atoms with Crippen molar-refractivity contribution < 1.29 is 0 Å². The van der Waals surface area contributed by atoms with Crippen molar-refractivity contribution in [3.63, 3.8) is 0 Å². The topological polar surface area (TPSA) is 30.7 Å². The van der Waals surface area contributed by atoms with Gasteiger partial charge in [-0.3, -0.25) is 0 Å². The summed E-state index contributed by atoms with van der Waals surface area (Å²) in [5.41, 5.74) is 0. The van der Waals surface area contributed by atoms with Gasteiger partial charge in [-0.2, -0.15) is 0 Å². The molecule has 0 atom stereocenters. The zero-order valence-corrected chi connectivity index (χ0v) is 11.2. The van der Waals surface area contributed by atoms with Crippen LogP contribution < -0.4 is 0 Å². The molecule has 0 aromatic carbocycles. The Labute approximate surface area is 105 Å². The van der Waals surface area contributed by atoms with Crippen molar-refractivity contribution in [1.82, 2.24) is 14.8 Å². The first-order chi connectivity index (χ1) is 8.35. The van der Waals surface area contributed by atoms with Crippen LogP contribution in [-0.2, 0) is 6.54 Å². The van der Waals surface area contributed by atoms with Crippen LogP contribution in [0.5, 0.6) is 0 Å². The maximum atomic E-state index is 4.31. The predicted molar refractivity (Wildman–Crippen MR) is 69.9 cm³/mol. The molecule has 1 aromatic heterocycles. The van der Waals surface area contributed by atoms with Crippen molar-refractivity contribution in [2.75, 3.05) is 0 Å². The molecule has 1 heterocycles. The second-order valence-corrected chi connectivity index (χ2v) is 5.34. The summed E-state index contributed by atoms with van der Waals surface area (Å²) in [7, 11) is 0. The number of unbranched alkanes of at least 4 members (excludes halogenated alkanes) is 1. The van der Waals surface area contributed by atoms with Crippen LogP contribution >= 0.6 is 0 Å². The summed E-state index contributed by atoms with van der Waals surface area (Å²) in [6.07, 6.45) is 11.5. The van der Waals surface area contributed by atoms with Gasteiger partial charge >= 0.3 is 0 Å². The normalized spacial score (nSPS) is 25.1. The van der Waals surface area contributed by atoms with E-state index in [2.05, 4.69) is 28.6 Å². The van der Waals surface area contributed by atoms with Gasteiger partial charge < -0.3 is 4.57 Å². The summed E-state index contributed by atoms with van der Waals surface area (Å²) in [4.78, 5) is 0. The van der Waals surface area contributed by atoms with Crippen LogP contribution in [0.2, 0.25) is 0 Å². The van der Waals surface area contributed by atoms with Gasteiger partial charge in [-0.05, 0) is 38.5 Å². The highest BCUT2D eigenvalue weighted by molar-refractivity contribution is 4.98. The summed E-state index contributed by atoms with van der Waals surface area (Å²) in [6, 6.07) is 0. The first kappa shape index (κ1) is 12.6. The highest BCUT2D eigenvalue weighted by atomic mass is 15.3. The van der Waals surface area contributed by atoms with Crippen LogP contribution in [-0.4, -0.2) is 14.8 Å². The van der Waals surface area contributed by atoms with E-state index in [0.29, 0.717) is 5.92 Å². The fourth-order valence-electron chi connectivity index (χ4n) is 3.03. The molecule has 0 spiro atoms. The Hall–Kier alpha value is -0.860. The molecule has 0 N–H and O–H groups in total. The Morgan fingerprint density at radius 3 is 2.65 bits per heavy atom. The Morgan fingerprint density at radius 1 is 1.24 bits per heavy atom. The Morgan fingerprint density at radius 2 is 2.00 bits per heavy atom. The molecule has 0 bridgehead atoms. The molecule has 0 unspecified atom stereocenters. The summed E-state index contributed by atoms with van der Waals surface area (Å²) in [6.45, 7) is 5.45. The van der Waals surface area contributed by atoms with E-state index < -0.39 is 0 Å². The first-order valence-electron chi connectivity index (χ1n) is 7.22. The quantitative estimate of drug-likeness (QED) is 0.778. The third-order valence-corrected chi connectivity index (χ3v) is 4.16. The third-order valence-electron chi connectivity index (χ3n) is 4.16. The average Bonchev–Trinajstić information content (AvgIpc) is 2.85. The van der Waals surface area contributed by atoms with E-state index in [-0.39, 0.29) is 0 Å². The molecular weight excluding hydrogens is 210 g/mol. The van der Waals surface area contributed by atoms with Crippen molar-refractivity contribution in [3.8, 4) is 0 Å². The van der Waals surface area contributed by atoms with Crippen molar-refractivity contribution in [2.45, 2.75) is 71.3 Å². The zero-order chi connectivity index (χ0) is 12.1. The largest absolute Gasteiger partial charge is 0.318 e. The van der Waals surface area contributed by atoms with E-state index >= 15 is 0 Å². The number of aryl methyl sites for hydroxylation is 1. The van der Waals surface area contributed by atoms with Gasteiger partial charge in [-0.25, -0.2) is 0 Å². The second kappa shape index (κ2) is 6.18. The molecular formula is C14H25N3. The van der Waals surface area contributed by atoms with Crippen LogP contribution in [0.4, 0.5) is 0 Å². The minimum atomic E-state index is 0.662. The fourth-order valence-corrected chi connectivity index (χ4v) is 3.03. The van der Waals surface area contributed by atoms with Gasteiger partial charge in [0.05, 0.1) is 0 Å². The highest BCUT2D eigenvalue weighted by Crippen LogP contribution is 2.36. The lowest BCUT2D eigenvalue weighted by molar-refractivity contribution is 0.295. The fraction of sp³-hybridized carbons (Fsp3) is 0.857. The van der Waals surface area contributed by atoms with Crippen LogP contribution in [0.3, 0.4) is 0 Å². The van der Waals surface area contributed by atoms with Gasteiger partial charge in [0.15, 0.2) is 0 Å². The van der Waals surface area contributed by atoms with Gasteiger partial charge in [0.25, 0.3) is 0 Å². The Bertz CT molecular complexity index is 324. The molecule has 0 radical (unpaired) electrons. The summed E-state index contributed by atoms with van der Waals surface area (Å²) >= 11 is 0. The van der Waals surface area contributed by atoms with Gasteiger partial charge in [-0.15, -0.1) is 10.2 Å². The second-order valence-electron chi connectivity index (χ2n) is 5.34. The molecule has 96 valence electrons. The summed E-state index contributed by atoms with van der Waals surface area (Å²) in [5, 5.41) is 8.36. The SMILES string of the molecule is CCCCC1CCC(c2nncn2CC)CC1. The van der Waals surface area contributed by atoms with E-state index in [4.69, 9.17) is 0 Å². The zero-order valence-electron chi connectivity index (χ0n) is 11.2. The van der Waals surface area contributed by atoms with E-state index in [0.717, 1.165) is 12.5 Å². The molecule has 1 aliphatic carbocycles. The molecule has 17 heavy (non-hydrogen) atoms. The van der Waals surface area contributed by atoms with Crippen LogP contribution in [0, 0.1) is 5.92 Å². The van der Waals surface area contributed by atoms with E-state index in [9.17, 15) is 0 Å². The van der Waals surface area contributed by atoms with Crippen molar-refractivity contribution in [3.05, 3.63) is 12.2 Å². The lowest BCUT2D eigenvalue weighted by Gasteiger charge is -2.28. The molecule has 1 fully saturated rings. The number of nitrogens with zero attached hydrogens (tertiary/aromatic N) is 3. The minimum absolute atomic E-state index is 0.662. The van der Waals surface area contributed by atoms with E-state index in [1.54, 1.807) is 0 Å². The molecule has 1 saturated carbocycles. The standard InChI is InChI=1S/C14H25N3/c1-3-5-6-12-7-9-13(10-8-12)14-16-15-11-17(14)4-2/h11-13H,3-10H2,1-2H3. The van der Waals surface area contributed by atoms with Gasteiger partial charge in [0, 0.05) is 12.5 Å². The number of aromatic nitrogens is 3. The Balaban J connectivity index is 1.86. The average molecular weight is 235 g/mol. The molecule has 3 nitrogen and oxygen atoms in total. The van der Waals surface area contributed by atoms with Crippen molar-refractivity contribution >= 4 is 0 Å². The Kier molecular flexibility index (Phi) is 4.57. The lowest BCUT2D eigenvalue weighted by Crippen LogP contribution is -2.16. The minimum Gasteiger partial charge on any atom is -0.318 e. The van der Waals surface area contributed by atoms with Crippen molar-refractivity contribution in [2.24, 2.45) is 5.92 Å². The molecule has 2 rings (SSSR count). The van der Waals surface area contributed by atoms with Gasteiger partial charge in [0.1, 0.15) is 12.2 Å². The van der Waals surface area contributed by atoms with Crippen LogP contribution in [0.1, 0.15) is 70.5 Å². The molecule has 0 aliphatic heterocycles. The summed E-state index contributed by atoms with van der Waals surface area (Å²) < 4.78 is 2.21.